The number of aliphatic carboxylic acids is 1. The fraction of sp³-hybridized carbons (Fsp3) is 0.308. The lowest BCUT2D eigenvalue weighted by Crippen LogP contribution is -1.94. The van der Waals surface area contributed by atoms with Gasteiger partial charge in [-0.3, -0.25) is 0 Å². The molecule has 2 rings (SSSR count). The van der Waals surface area contributed by atoms with Gasteiger partial charge in [0.2, 0.25) is 0 Å². The van der Waals surface area contributed by atoms with Crippen molar-refractivity contribution in [2.75, 3.05) is 0 Å². The molecule has 0 radical (unpaired) electrons. The highest BCUT2D eigenvalue weighted by atomic mass is 16.4. The zero-order valence-corrected chi connectivity index (χ0v) is 8.73. The molecule has 0 atom stereocenters. The lowest BCUT2D eigenvalue weighted by molar-refractivity contribution is -0.131. The number of hydrogen-bond donors (Lipinski definition) is 1. The molecule has 1 aliphatic carbocycles. The molecule has 0 unspecified atom stereocenters. The minimum Gasteiger partial charge on any atom is -0.478 e. The first kappa shape index (κ1) is 9.97. The molecular formula is C13H14O2. The van der Waals surface area contributed by atoms with Crippen molar-refractivity contribution in [2.24, 2.45) is 5.92 Å². The van der Waals surface area contributed by atoms with Crippen molar-refractivity contribution in [3.63, 3.8) is 0 Å². The van der Waals surface area contributed by atoms with E-state index in [0.717, 1.165) is 24.0 Å². The standard InChI is InChI=1S/C13H14O2/c1-9-2-4-10(5-3-9)12(8-13(14)15)11-6-7-11/h2-5,8,11H,6-7H2,1H3,(H,14,15)/b12-8+. The van der Waals surface area contributed by atoms with Crippen LogP contribution in [-0.2, 0) is 4.79 Å². The maximum absolute atomic E-state index is 10.7. The Hall–Kier alpha value is -1.57. The first-order chi connectivity index (χ1) is 7.16. The summed E-state index contributed by atoms with van der Waals surface area (Å²) in [6.45, 7) is 2.03. The summed E-state index contributed by atoms with van der Waals surface area (Å²) in [6.07, 6.45) is 3.59. The number of aryl methyl sites for hydroxylation is 1. The molecule has 1 aromatic carbocycles. The molecule has 1 saturated carbocycles. The van der Waals surface area contributed by atoms with Crippen molar-refractivity contribution >= 4 is 11.5 Å². The Bertz CT molecular complexity index is 397. The number of carboxylic acids is 1. The zero-order chi connectivity index (χ0) is 10.8. The zero-order valence-electron chi connectivity index (χ0n) is 8.73. The molecule has 0 spiro atoms. The largest absolute Gasteiger partial charge is 0.478 e. The number of carboxylic acid groups (broad SMARTS) is 1. The molecule has 0 saturated heterocycles. The Morgan fingerprint density at radius 2 is 1.93 bits per heavy atom. The van der Waals surface area contributed by atoms with Crippen LogP contribution in [0.2, 0.25) is 0 Å². The summed E-state index contributed by atoms with van der Waals surface area (Å²) in [5.41, 5.74) is 3.22. The molecule has 0 bridgehead atoms. The van der Waals surface area contributed by atoms with E-state index < -0.39 is 5.97 Å². The molecule has 0 heterocycles. The van der Waals surface area contributed by atoms with Crippen LogP contribution in [0.4, 0.5) is 0 Å². The van der Waals surface area contributed by atoms with Gasteiger partial charge in [-0.15, -0.1) is 0 Å². The smallest absolute Gasteiger partial charge is 0.328 e. The van der Waals surface area contributed by atoms with Crippen LogP contribution in [0, 0.1) is 12.8 Å². The van der Waals surface area contributed by atoms with Crippen LogP contribution in [0.5, 0.6) is 0 Å². The van der Waals surface area contributed by atoms with E-state index in [1.165, 1.54) is 11.6 Å². The van der Waals surface area contributed by atoms with Crippen molar-refractivity contribution in [1.29, 1.82) is 0 Å². The lowest BCUT2D eigenvalue weighted by Gasteiger charge is -2.05. The van der Waals surface area contributed by atoms with E-state index in [1.807, 2.05) is 31.2 Å². The number of allylic oxidation sites excluding steroid dienone is 1. The van der Waals surface area contributed by atoms with Gasteiger partial charge in [0.15, 0.2) is 0 Å². The highest BCUT2D eigenvalue weighted by Gasteiger charge is 2.27. The van der Waals surface area contributed by atoms with Crippen LogP contribution in [0.3, 0.4) is 0 Å². The van der Waals surface area contributed by atoms with E-state index in [0.29, 0.717) is 5.92 Å². The van der Waals surface area contributed by atoms with Crippen molar-refractivity contribution < 1.29 is 9.90 Å². The summed E-state index contributed by atoms with van der Waals surface area (Å²) in [7, 11) is 0. The van der Waals surface area contributed by atoms with Gasteiger partial charge in [0.25, 0.3) is 0 Å². The predicted octanol–water partition coefficient (Wildman–Crippen LogP) is 2.87. The molecule has 0 amide bonds. The minimum absolute atomic E-state index is 0.462. The molecule has 1 aliphatic rings. The summed E-state index contributed by atoms with van der Waals surface area (Å²) in [4.78, 5) is 10.7. The normalized spacial score (nSPS) is 16.5. The highest BCUT2D eigenvalue weighted by Crippen LogP contribution is 2.41. The second-order valence-corrected chi connectivity index (χ2v) is 4.08. The van der Waals surface area contributed by atoms with E-state index in [-0.39, 0.29) is 0 Å². The van der Waals surface area contributed by atoms with Crippen LogP contribution >= 0.6 is 0 Å². The Kier molecular flexibility index (Phi) is 2.58. The van der Waals surface area contributed by atoms with E-state index in [9.17, 15) is 4.79 Å². The molecule has 15 heavy (non-hydrogen) atoms. The van der Waals surface area contributed by atoms with Gasteiger partial charge in [-0.2, -0.15) is 0 Å². The molecule has 2 nitrogen and oxygen atoms in total. The highest BCUT2D eigenvalue weighted by molar-refractivity contribution is 5.91. The number of carbonyl (C=O) groups is 1. The molecule has 78 valence electrons. The summed E-state index contributed by atoms with van der Waals surface area (Å²) in [5.74, 6) is -0.388. The fourth-order valence-corrected chi connectivity index (χ4v) is 1.71. The molecule has 0 aliphatic heterocycles. The van der Waals surface area contributed by atoms with Crippen molar-refractivity contribution in [3.8, 4) is 0 Å². The van der Waals surface area contributed by atoms with Gasteiger partial charge >= 0.3 is 5.97 Å². The second-order valence-electron chi connectivity index (χ2n) is 4.08. The van der Waals surface area contributed by atoms with Crippen molar-refractivity contribution in [2.45, 2.75) is 19.8 Å². The maximum Gasteiger partial charge on any atom is 0.328 e. The Morgan fingerprint density at radius 1 is 1.33 bits per heavy atom. The van der Waals surface area contributed by atoms with Crippen molar-refractivity contribution in [3.05, 3.63) is 41.5 Å². The lowest BCUT2D eigenvalue weighted by atomic mass is 10.00. The van der Waals surface area contributed by atoms with Crippen LogP contribution in [-0.4, -0.2) is 11.1 Å². The van der Waals surface area contributed by atoms with Gasteiger partial charge < -0.3 is 5.11 Å². The van der Waals surface area contributed by atoms with Gasteiger partial charge in [0.1, 0.15) is 0 Å². The first-order valence-corrected chi connectivity index (χ1v) is 5.18. The summed E-state index contributed by atoms with van der Waals surface area (Å²) >= 11 is 0. The summed E-state index contributed by atoms with van der Waals surface area (Å²) in [5, 5.41) is 8.80. The van der Waals surface area contributed by atoms with Crippen LogP contribution in [0.15, 0.2) is 30.3 Å². The molecular weight excluding hydrogens is 188 g/mol. The van der Waals surface area contributed by atoms with E-state index in [4.69, 9.17) is 5.11 Å². The summed E-state index contributed by atoms with van der Waals surface area (Å²) < 4.78 is 0. The minimum atomic E-state index is -0.850. The fourth-order valence-electron chi connectivity index (χ4n) is 1.71. The van der Waals surface area contributed by atoms with E-state index >= 15 is 0 Å². The number of benzene rings is 1. The van der Waals surface area contributed by atoms with Crippen LogP contribution in [0.1, 0.15) is 24.0 Å². The number of hydrogen-bond acceptors (Lipinski definition) is 1. The second kappa shape index (κ2) is 3.89. The van der Waals surface area contributed by atoms with Gasteiger partial charge in [-0.25, -0.2) is 4.79 Å². The molecule has 1 fully saturated rings. The maximum atomic E-state index is 10.7. The Morgan fingerprint density at radius 3 is 2.40 bits per heavy atom. The van der Waals surface area contributed by atoms with E-state index in [1.54, 1.807) is 0 Å². The van der Waals surface area contributed by atoms with Gasteiger partial charge in [0, 0.05) is 6.08 Å². The Balaban J connectivity index is 2.32. The quantitative estimate of drug-likeness (QED) is 0.765. The van der Waals surface area contributed by atoms with Gasteiger partial charge in [-0.1, -0.05) is 29.8 Å². The van der Waals surface area contributed by atoms with E-state index in [2.05, 4.69) is 0 Å². The van der Waals surface area contributed by atoms with Gasteiger partial charge in [0.05, 0.1) is 0 Å². The average molecular weight is 202 g/mol. The number of rotatable bonds is 3. The van der Waals surface area contributed by atoms with Crippen LogP contribution < -0.4 is 0 Å². The van der Waals surface area contributed by atoms with Gasteiger partial charge in [-0.05, 0) is 36.8 Å². The summed E-state index contributed by atoms with van der Waals surface area (Å²) in [6, 6.07) is 8.05. The monoisotopic (exact) mass is 202 g/mol. The third kappa shape index (κ3) is 2.46. The molecule has 2 heteroatoms. The molecule has 1 aromatic rings. The Labute approximate surface area is 89.2 Å². The first-order valence-electron chi connectivity index (χ1n) is 5.18. The van der Waals surface area contributed by atoms with Crippen LogP contribution in [0.25, 0.3) is 5.57 Å². The average Bonchev–Trinajstić information content (AvgIpc) is 2.99. The third-order valence-corrected chi connectivity index (χ3v) is 2.68. The topological polar surface area (TPSA) is 37.3 Å². The van der Waals surface area contributed by atoms with Crippen molar-refractivity contribution in [1.82, 2.24) is 0 Å². The predicted molar refractivity (Wildman–Crippen MR) is 59.5 cm³/mol. The molecule has 1 N–H and O–H groups in total. The SMILES string of the molecule is Cc1ccc(/C(=C\C(=O)O)C2CC2)cc1. The third-order valence-electron chi connectivity index (χ3n) is 2.68. The molecule has 0 aromatic heterocycles.